The van der Waals surface area contributed by atoms with Gasteiger partial charge >= 0.3 is 12.1 Å². The van der Waals surface area contributed by atoms with Crippen molar-refractivity contribution in [2.45, 2.75) is 44.4 Å². The first-order chi connectivity index (χ1) is 14.7. The lowest BCUT2D eigenvalue weighted by Gasteiger charge is -2.22. The molecule has 2 aromatic rings. The van der Waals surface area contributed by atoms with Crippen LogP contribution >= 0.6 is 0 Å². The fourth-order valence-corrected chi connectivity index (χ4v) is 3.36. The van der Waals surface area contributed by atoms with E-state index in [1.807, 2.05) is 0 Å². The molecule has 0 radical (unpaired) electrons. The number of hydrogen-bond acceptors (Lipinski definition) is 5. The standard InChI is InChI=1S/C22H23F3N2O4/c23-22(24,25)16-8-4-5-9-18(16)27-20(28)13-30-19-12-14(10-11-17(19)26)21(29)31-15-6-2-1-3-7-15/h4-5,8-12,15H,1-3,6-7,13,26H2,(H,27,28). The van der Waals surface area contributed by atoms with Crippen molar-refractivity contribution in [2.24, 2.45) is 0 Å². The van der Waals surface area contributed by atoms with Crippen LogP contribution in [0.3, 0.4) is 0 Å². The van der Waals surface area contributed by atoms with Crippen LogP contribution in [0.15, 0.2) is 42.5 Å². The number of nitrogens with two attached hydrogens (primary N) is 1. The van der Waals surface area contributed by atoms with Gasteiger partial charge in [0.25, 0.3) is 5.91 Å². The summed E-state index contributed by atoms with van der Waals surface area (Å²) in [7, 11) is 0. The third kappa shape index (κ3) is 6.13. The quantitative estimate of drug-likeness (QED) is 0.502. The molecule has 6 nitrogen and oxygen atoms in total. The Morgan fingerprint density at radius 1 is 1.06 bits per heavy atom. The molecule has 1 saturated carbocycles. The number of halogens is 3. The molecule has 2 aromatic carbocycles. The minimum absolute atomic E-state index is 0.0670. The second-order valence-electron chi connectivity index (χ2n) is 7.30. The first-order valence-electron chi connectivity index (χ1n) is 9.93. The van der Waals surface area contributed by atoms with Crippen LogP contribution in [0.5, 0.6) is 5.75 Å². The van der Waals surface area contributed by atoms with Crippen LogP contribution in [0, 0.1) is 0 Å². The molecule has 0 unspecified atom stereocenters. The highest BCUT2D eigenvalue weighted by Crippen LogP contribution is 2.34. The van der Waals surface area contributed by atoms with E-state index < -0.39 is 30.2 Å². The number of hydrogen-bond donors (Lipinski definition) is 2. The summed E-state index contributed by atoms with van der Waals surface area (Å²) in [6.07, 6.45) is 0.0720. The Labute approximate surface area is 177 Å². The largest absolute Gasteiger partial charge is 0.482 e. The number of benzene rings is 2. The molecule has 0 saturated heterocycles. The van der Waals surface area contributed by atoms with E-state index in [-0.39, 0.29) is 28.8 Å². The maximum atomic E-state index is 13.0. The van der Waals surface area contributed by atoms with Crippen molar-refractivity contribution in [1.82, 2.24) is 0 Å². The van der Waals surface area contributed by atoms with Gasteiger partial charge in [-0.05, 0) is 56.0 Å². The minimum Gasteiger partial charge on any atom is -0.482 e. The molecule has 1 fully saturated rings. The summed E-state index contributed by atoms with van der Waals surface area (Å²) in [5.41, 5.74) is 4.90. The third-order valence-corrected chi connectivity index (χ3v) is 4.94. The lowest BCUT2D eigenvalue weighted by atomic mass is 9.98. The molecule has 0 bridgehead atoms. The topological polar surface area (TPSA) is 90.7 Å². The van der Waals surface area contributed by atoms with Crippen LogP contribution < -0.4 is 15.8 Å². The van der Waals surface area contributed by atoms with Gasteiger partial charge in [0.2, 0.25) is 0 Å². The van der Waals surface area contributed by atoms with Crippen LogP contribution in [0.4, 0.5) is 24.5 Å². The molecule has 166 valence electrons. The fraction of sp³-hybridized carbons (Fsp3) is 0.364. The van der Waals surface area contributed by atoms with Crippen molar-refractivity contribution in [2.75, 3.05) is 17.7 Å². The number of esters is 1. The molecule has 0 atom stereocenters. The maximum Gasteiger partial charge on any atom is 0.418 e. The average molecular weight is 436 g/mol. The first kappa shape index (κ1) is 22.5. The molecule has 3 N–H and O–H groups in total. The second kappa shape index (κ2) is 9.72. The molecule has 9 heteroatoms. The van der Waals surface area contributed by atoms with E-state index >= 15 is 0 Å². The second-order valence-corrected chi connectivity index (χ2v) is 7.30. The Morgan fingerprint density at radius 3 is 2.48 bits per heavy atom. The number of alkyl halides is 3. The van der Waals surface area contributed by atoms with Crippen LogP contribution in [-0.4, -0.2) is 24.6 Å². The average Bonchev–Trinajstić information content (AvgIpc) is 2.73. The van der Waals surface area contributed by atoms with E-state index in [0.29, 0.717) is 0 Å². The van der Waals surface area contributed by atoms with Crippen LogP contribution in [-0.2, 0) is 15.7 Å². The molecular weight excluding hydrogens is 413 g/mol. The van der Waals surface area contributed by atoms with Gasteiger partial charge in [-0.2, -0.15) is 13.2 Å². The molecule has 0 aromatic heterocycles. The van der Waals surface area contributed by atoms with Gasteiger partial charge in [-0.3, -0.25) is 4.79 Å². The van der Waals surface area contributed by atoms with Crippen molar-refractivity contribution in [3.63, 3.8) is 0 Å². The van der Waals surface area contributed by atoms with Gasteiger partial charge in [-0.15, -0.1) is 0 Å². The van der Waals surface area contributed by atoms with Crippen molar-refractivity contribution in [3.05, 3.63) is 53.6 Å². The van der Waals surface area contributed by atoms with Gasteiger partial charge in [0.1, 0.15) is 11.9 Å². The summed E-state index contributed by atoms with van der Waals surface area (Å²) in [4.78, 5) is 24.5. The fourth-order valence-electron chi connectivity index (χ4n) is 3.36. The highest BCUT2D eigenvalue weighted by atomic mass is 19.4. The normalized spacial score (nSPS) is 14.7. The Bertz CT molecular complexity index is 941. The molecule has 0 aliphatic heterocycles. The third-order valence-electron chi connectivity index (χ3n) is 4.94. The summed E-state index contributed by atoms with van der Waals surface area (Å²) in [6, 6.07) is 8.93. The zero-order valence-electron chi connectivity index (χ0n) is 16.7. The number of anilines is 2. The monoisotopic (exact) mass is 436 g/mol. The Morgan fingerprint density at radius 2 is 1.77 bits per heavy atom. The number of para-hydroxylation sites is 1. The molecule has 0 spiro atoms. The number of nitrogens with one attached hydrogen (secondary N) is 1. The van der Waals surface area contributed by atoms with E-state index in [1.165, 1.54) is 30.3 Å². The lowest BCUT2D eigenvalue weighted by Crippen LogP contribution is -2.23. The van der Waals surface area contributed by atoms with E-state index in [4.69, 9.17) is 15.2 Å². The zero-order valence-corrected chi connectivity index (χ0v) is 16.7. The van der Waals surface area contributed by atoms with E-state index in [9.17, 15) is 22.8 Å². The molecule has 0 heterocycles. The summed E-state index contributed by atoms with van der Waals surface area (Å²) < 4.78 is 50.0. The predicted molar refractivity (Wildman–Crippen MR) is 109 cm³/mol. The van der Waals surface area contributed by atoms with Crippen molar-refractivity contribution >= 4 is 23.3 Å². The van der Waals surface area contributed by atoms with Crippen LogP contribution in [0.1, 0.15) is 48.0 Å². The summed E-state index contributed by atoms with van der Waals surface area (Å²) in [6.45, 7) is -0.586. The number of rotatable bonds is 6. The van der Waals surface area contributed by atoms with Gasteiger partial charge in [0.15, 0.2) is 6.61 Å². The van der Waals surface area contributed by atoms with E-state index in [2.05, 4.69) is 5.32 Å². The van der Waals surface area contributed by atoms with Crippen molar-refractivity contribution in [3.8, 4) is 5.75 Å². The Hall–Kier alpha value is -3.23. The number of amides is 1. The van der Waals surface area contributed by atoms with E-state index in [1.54, 1.807) is 0 Å². The summed E-state index contributed by atoms with van der Waals surface area (Å²) in [5.74, 6) is -1.25. The summed E-state index contributed by atoms with van der Waals surface area (Å²) >= 11 is 0. The Kier molecular flexibility index (Phi) is 7.04. The van der Waals surface area contributed by atoms with Crippen molar-refractivity contribution in [1.29, 1.82) is 0 Å². The summed E-state index contributed by atoms with van der Waals surface area (Å²) in [5, 5.41) is 2.18. The highest BCUT2D eigenvalue weighted by molar-refractivity contribution is 5.93. The number of carbonyl (C=O) groups excluding carboxylic acids is 2. The number of carbonyl (C=O) groups is 2. The van der Waals surface area contributed by atoms with E-state index in [0.717, 1.165) is 44.2 Å². The van der Waals surface area contributed by atoms with Gasteiger partial charge in [0, 0.05) is 0 Å². The SMILES string of the molecule is Nc1ccc(C(=O)OC2CCCCC2)cc1OCC(=O)Nc1ccccc1C(F)(F)F. The lowest BCUT2D eigenvalue weighted by molar-refractivity contribution is -0.137. The van der Waals surface area contributed by atoms with Gasteiger partial charge < -0.3 is 20.5 Å². The van der Waals surface area contributed by atoms with Gasteiger partial charge in [-0.25, -0.2) is 4.79 Å². The van der Waals surface area contributed by atoms with Crippen LogP contribution in [0.2, 0.25) is 0 Å². The maximum absolute atomic E-state index is 13.0. The molecule has 31 heavy (non-hydrogen) atoms. The molecule has 1 amide bonds. The number of nitrogen functional groups attached to an aromatic ring is 1. The van der Waals surface area contributed by atoms with Crippen LogP contribution in [0.25, 0.3) is 0 Å². The molecular formula is C22H23F3N2O4. The predicted octanol–water partition coefficient (Wildman–Crippen LogP) is 4.79. The smallest absolute Gasteiger partial charge is 0.418 e. The first-order valence-corrected chi connectivity index (χ1v) is 9.93. The Balaban J connectivity index is 1.62. The zero-order chi connectivity index (χ0) is 22.4. The highest BCUT2D eigenvalue weighted by Gasteiger charge is 2.33. The van der Waals surface area contributed by atoms with Crippen molar-refractivity contribution < 1.29 is 32.2 Å². The molecule has 3 rings (SSSR count). The molecule has 1 aliphatic carbocycles. The number of ether oxygens (including phenoxy) is 2. The van der Waals surface area contributed by atoms with Gasteiger partial charge in [0.05, 0.1) is 22.5 Å². The van der Waals surface area contributed by atoms with Gasteiger partial charge in [-0.1, -0.05) is 18.6 Å². The minimum atomic E-state index is -4.61. The molecule has 1 aliphatic rings.